The van der Waals surface area contributed by atoms with Gasteiger partial charge in [-0.05, 0) is 37.1 Å². The van der Waals surface area contributed by atoms with Crippen LogP contribution in [0.4, 0.5) is 23.7 Å². The SMILES string of the molecule is CC(=NOCc1cccc(C)c1NC(=O)N(C)N)c1cccc(C(F)(F)F)c1. The molecule has 0 aliphatic heterocycles. The van der Waals surface area contributed by atoms with E-state index in [1.165, 1.54) is 19.2 Å². The summed E-state index contributed by atoms with van der Waals surface area (Å²) < 4.78 is 38.5. The number of carbonyl (C=O) groups excluding carboxylic acids is 1. The number of rotatable bonds is 5. The fraction of sp³-hybridized carbons (Fsp3) is 0.263. The zero-order chi connectivity index (χ0) is 20.9. The molecule has 28 heavy (non-hydrogen) atoms. The average molecular weight is 394 g/mol. The number of benzene rings is 2. The van der Waals surface area contributed by atoms with Crippen molar-refractivity contribution in [3.8, 4) is 0 Å². The number of hydrogen-bond donors (Lipinski definition) is 2. The van der Waals surface area contributed by atoms with E-state index in [-0.39, 0.29) is 6.61 Å². The molecule has 2 aromatic carbocycles. The summed E-state index contributed by atoms with van der Waals surface area (Å²) in [4.78, 5) is 17.1. The second kappa shape index (κ2) is 8.75. The van der Waals surface area contributed by atoms with E-state index < -0.39 is 17.8 Å². The third kappa shape index (κ3) is 5.46. The summed E-state index contributed by atoms with van der Waals surface area (Å²) in [5.74, 6) is 5.42. The molecule has 0 saturated carbocycles. The first-order valence-electron chi connectivity index (χ1n) is 8.31. The predicted molar refractivity (Wildman–Crippen MR) is 101 cm³/mol. The van der Waals surface area contributed by atoms with Crippen LogP contribution in [0, 0.1) is 6.92 Å². The van der Waals surface area contributed by atoms with Crippen molar-refractivity contribution in [3.05, 3.63) is 64.7 Å². The Morgan fingerprint density at radius 1 is 1.25 bits per heavy atom. The predicted octanol–water partition coefficient (Wildman–Crippen LogP) is 4.29. The number of halogens is 3. The highest BCUT2D eigenvalue weighted by atomic mass is 19.4. The van der Waals surface area contributed by atoms with Crippen LogP contribution in [-0.2, 0) is 17.6 Å². The monoisotopic (exact) mass is 394 g/mol. The minimum Gasteiger partial charge on any atom is -0.391 e. The highest BCUT2D eigenvalue weighted by molar-refractivity contribution is 5.98. The molecule has 0 aromatic heterocycles. The summed E-state index contributed by atoms with van der Waals surface area (Å²) in [6.45, 7) is 3.38. The number of nitrogens with one attached hydrogen (secondary N) is 1. The first kappa shape index (κ1) is 21.2. The Bertz CT molecular complexity index is 880. The number of hydrazine groups is 1. The van der Waals surface area contributed by atoms with Gasteiger partial charge in [0.2, 0.25) is 0 Å². The normalized spacial score (nSPS) is 11.9. The van der Waals surface area contributed by atoms with Crippen LogP contribution in [0.25, 0.3) is 0 Å². The van der Waals surface area contributed by atoms with E-state index in [0.29, 0.717) is 22.5 Å². The molecule has 0 heterocycles. The molecule has 9 heteroatoms. The minimum atomic E-state index is -4.43. The number of carbonyl (C=O) groups is 1. The molecule has 0 atom stereocenters. The van der Waals surface area contributed by atoms with Crippen LogP contribution in [-0.4, -0.2) is 23.8 Å². The second-order valence-electron chi connectivity index (χ2n) is 6.18. The van der Waals surface area contributed by atoms with E-state index in [9.17, 15) is 18.0 Å². The molecule has 2 amide bonds. The summed E-state index contributed by atoms with van der Waals surface area (Å²) in [6.07, 6.45) is -4.43. The summed E-state index contributed by atoms with van der Waals surface area (Å²) in [5.41, 5.74) is 1.83. The molecule has 3 N–H and O–H groups in total. The topological polar surface area (TPSA) is 80.0 Å². The van der Waals surface area contributed by atoms with Crippen LogP contribution >= 0.6 is 0 Å². The quantitative estimate of drug-likeness (QED) is 0.344. The maximum absolute atomic E-state index is 12.8. The van der Waals surface area contributed by atoms with Gasteiger partial charge in [0.1, 0.15) is 6.61 Å². The maximum atomic E-state index is 12.8. The van der Waals surface area contributed by atoms with Gasteiger partial charge in [-0.2, -0.15) is 13.2 Å². The lowest BCUT2D eigenvalue weighted by Crippen LogP contribution is -2.37. The van der Waals surface area contributed by atoms with Crippen LogP contribution in [0.15, 0.2) is 47.6 Å². The van der Waals surface area contributed by atoms with E-state index >= 15 is 0 Å². The van der Waals surface area contributed by atoms with Crippen molar-refractivity contribution in [1.29, 1.82) is 0 Å². The molecule has 6 nitrogen and oxygen atoms in total. The lowest BCUT2D eigenvalue weighted by Gasteiger charge is -2.16. The largest absolute Gasteiger partial charge is 0.416 e. The van der Waals surface area contributed by atoms with Crippen LogP contribution in [0.5, 0.6) is 0 Å². The smallest absolute Gasteiger partial charge is 0.391 e. The number of hydrogen-bond acceptors (Lipinski definition) is 4. The number of aryl methyl sites for hydroxylation is 1. The van der Waals surface area contributed by atoms with Crippen molar-refractivity contribution >= 4 is 17.4 Å². The van der Waals surface area contributed by atoms with Gasteiger partial charge in [0.05, 0.1) is 17.0 Å². The van der Waals surface area contributed by atoms with Crippen molar-refractivity contribution in [2.75, 3.05) is 12.4 Å². The number of alkyl halides is 3. The number of nitrogens with two attached hydrogens (primary N) is 1. The average Bonchev–Trinajstić information content (AvgIpc) is 2.63. The molecule has 150 valence electrons. The first-order chi connectivity index (χ1) is 13.1. The molecule has 0 spiro atoms. The van der Waals surface area contributed by atoms with Gasteiger partial charge in [0, 0.05) is 12.6 Å². The summed E-state index contributed by atoms with van der Waals surface area (Å²) in [7, 11) is 1.41. The third-order valence-electron chi connectivity index (χ3n) is 3.94. The minimum absolute atomic E-state index is 0.0158. The van der Waals surface area contributed by atoms with E-state index in [1.807, 2.05) is 13.0 Å². The lowest BCUT2D eigenvalue weighted by atomic mass is 10.1. The number of nitrogens with zero attached hydrogens (tertiary/aromatic N) is 2. The van der Waals surface area contributed by atoms with Crippen LogP contribution in [0.1, 0.15) is 29.2 Å². The first-order valence-corrected chi connectivity index (χ1v) is 8.31. The van der Waals surface area contributed by atoms with Gasteiger partial charge in [0.25, 0.3) is 0 Å². The molecule has 0 aliphatic carbocycles. The molecular formula is C19H21F3N4O2. The fourth-order valence-electron chi connectivity index (χ4n) is 2.39. The van der Waals surface area contributed by atoms with Crippen LogP contribution in [0.2, 0.25) is 0 Å². The highest BCUT2D eigenvalue weighted by Crippen LogP contribution is 2.29. The van der Waals surface area contributed by atoms with Gasteiger partial charge >= 0.3 is 12.2 Å². The van der Waals surface area contributed by atoms with Crippen LogP contribution in [0.3, 0.4) is 0 Å². The van der Waals surface area contributed by atoms with Gasteiger partial charge in [-0.1, -0.05) is 35.5 Å². The summed E-state index contributed by atoms with van der Waals surface area (Å²) >= 11 is 0. The molecular weight excluding hydrogens is 373 g/mol. The second-order valence-corrected chi connectivity index (χ2v) is 6.18. The number of urea groups is 1. The number of amides is 2. The molecule has 2 rings (SSSR count). The molecule has 0 bridgehead atoms. The van der Waals surface area contributed by atoms with E-state index in [1.54, 1.807) is 19.1 Å². The fourth-order valence-corrected chi connectivity index (χ4v) is 2.39. The Morgan fingerprint density at radius 2 is 1.93 bits per heavy atom. The van der Waals surface area contributed by atoms with Gasteiger partial charge in [-0.3, -0.25) is 5.01 Å². The standard InChI is InChI=1S/C19H21F3N4O2/c1-12-6-4-8-15(17(12)24-18(27)26(3)23)11-28-25-13(2)14-7-5-9-16(10-14)19(20,21)22/h4-10H,11,23H2,1-3H3,(H,24,27). The zero-order valence-electron chi connectivity index (χ0n) is 15.7. The van der Waals surface area contributed by atoms with E-state index in [2.05, 4.69) is 10.5 Å². The zero-order valence-corrected chi connectivity index (χ0v) is 15.7. The van der Waals surface area contributed by atoms with Gasteiger partial charge in [-0.15, -0.1) is 0 Å². The van der Waals surface area contributed by atoms with Crippen molar-refractivity contribution in [3.63, 3.8) is 0 Å². The van der Waals surface area contributed by atoms with E-state index in [0.717, 1.165) is 22.7 Å². The Morgan fingerprint density at radius 3 is 2.57 bits per heavy atom. The van der Waals surface area contributed by atoms with Gasteiger partial charge < -0.3 is 10.2 Å². The molecule has 0 fully saturated rings. The van der Waals surface area contributed by atoms with Crippen molar-refractivity contribution in [2.45, 2.75) is 26.6 Å². The van der Waals surface area contributed by atoms with Gasteiger partial charge in [-0.25, -0.2) is 10.6 Å². The van der Waals surface area contributed by atoms with Crippen molar-refractivity contribution < 1.29 is 22.8 Å². The van der Waals surface area contributed by atoms with Crippen molar-refractivity contribution in [1.82, 2.24) is 5.01 Å². The number of oxime groups is 1. The number of anilines is 1. The molecule has 0 saturated heterocycles. The van der Waals surface area contributed by atoms with E-state index in [4.69, 9.17) is 10.7 Å². The maximum Gasteiger partial charge on any atom is 0.416 e. The highest BCUT2D eigenvalue weighted by Gasteiger charge is 2.30. The van der Waals surface area contributed by atoms with Crippen LogP contribution < -0.4 is 11.2 Å². The summed E-state index contributed by atoms with van der Waals surface area (Å²) in [5, 5.41) is 7.49. The van der Waals surface area contributed by atoms with Crippen molar-refractivity contribution in [2.24, 2.45) is 11.0 Å². The molecule has 2 aromatic rings. The molecule has 0 unspecified atom stereocenters. The lowest BCUT2D eigenvalue weighted by molar-refractivity contribution is -0.137. The Balaban J connectivity index is 2.14. The summed E-state index contributed by atoms with van der Waals surface area (Å²) in [6, 6.07) is 9.69. The third-order valence-corrected chi connectivity index (χ3v) is 3.94. The number of para-hydroxylation sites is 1. The molecule has 0 aliphatic rings. The Hall–Kier alpha value is -3.07. The Kier molecular flexibility index (Phi) is 6.63. The molecule has 0 radical (unpaired) electrons. The Labute approximate surface area is 160 Å². The van der Waals surface area contributed by atoms with Gasteiger partial charge in [0.15, 0.2) is 0 Å².